The van der Waals surface area contributed by atoms with Crippen molar-refractivity contribution in [3.05, 3.63) is 30.5 Å². The summed E-state index contributed by atoms with van der Waals surface area (Å²) in [4.78, 5) is 4.80. The first-order chi connectivity index (χ1) is 9.77. The predicted octanol–water partition coefficient (Wildman–Crippen LogP) is 5.91. The molecule has 0 spiro atoms. The molecule has 0 unspecified atom stereocenters. The second-order valence-electron chi connectivity index (χ2n) is 6.52. The molecular formula is C17H25NSSi. The summed E-state index contributed by atoms with van der Waals surface area (Å²) < 4.78 is 0. The standard InChI is InChI=1S/C17H25NSSi/c1-20(11-5-2-6-12-20)13-7-10-19-17-14-18-16-9-4-3-8-15(16)17/h3-4,8-9,14,18H,2,5-7,10-13H2,1H3. The summed E-state index contributed by atoms with van der Waals surface area (Å²) in [6.07, 6.45) is 8.10. The second kappa shape index (κ2) is 6.40. The van der Waals surface area contributed by atoms with Gasteiger partial charge in [0, 0.05) is 22.0 Å². The SMILES string of the molecule is C[Si]1(CCCSc2c[nH]c3ccccc23)CCCCC1. The first-order valence-electron chi connectivity index (χ1n) is 7.96. The quantitative estimate of drug-likeness (QED) is 0.412. The van der Waals surface area contributed by atoms with Gasteiger partial charge in [0.05, 0.1) is 8.07 Å². The van der Waals surface area contributed by atoms with Crippen LogP contribution in [0.2, 0.25) is 24.7 Å². The average Bonchev–Trinajstić information content (AvgIpc) is 2.88. The highest BCUT2D eigenvalue weighted by Gasteiger charge is 2.28. The fraction of sp³-hybridized carbons (Fsp3) is 0.529. The number of fused-ring (bicyclic) bond motifs is 1. The van der Waals surface area contributed by atoms with E-state index in [1.807, 2.05) is 11.8 Å². The van der Waals surface area contributed by atoms with Crippen LogP contribution in [0.4, 0.5) is 0 Å². The predicted molar refractivity (Wildman–Crippen MR) is 93.5 cm³/mol. The summed E-state index contributed by atoms with van der Waals surface area (Å²) in [6.45, 7) is 2.64. The van der Waals surface area contributed by atoms with Gasteiger partial charge in [-0.25, -0.2) is 0 Å². The van der Waals surface area contributed by atoms with Crippen LogP contribution in [-0.2, 0) is 0 Å². The van der Waals surface area contributed by atoms with E-state index in [0.29, 0.717) is 0 Å². The van der Waals surface area contributed by atoms with Crippen LogP contribution in [0.1, 0.15) is 25.7 Å². The summed E-state index contributed by atoms with van der Waals surface area (Å²) >= 11 is 2.03. The van der Waals surface area contributed by atoms with Gasteiger partial charge < -0.3 is 4.98 Å². The molecule has 0 saturated carbocycles. The number of rotatable bonds is 5. The lowest BCUT2D eigenvalue weighted by Crippen LogP contribution is -2.31. The topological polar surface area (TPSA) is 15.8 Å². The third-order valence-electron chi connectivity index (χ3n) is 4.79. The Bertz CT molecular complexity index is 557. The molecule has 2 heterocycles. The van der Waals surface area contributed by atoms with Crippen LogP contribution in [0.25, 0.3) is 10.9 Å². The van der Waals surface area contributed by atoms with Gasteiger partial charge in [0.2, 0.25) is 0 Å². The molecule has 3 heteroatoms. The smallest absolute Gasteiger partial charge is 0.0505 e. The van der Waals surface area contributed by atoms with E-state index in [1.54, 1.807) is 18.1 Å². The molecular weight excluding hydrogens is 278 g/mol. The third-order valence-corrected chi connectivity index (χ3v) is 10.6. The van der Waals surface area contributed by atoms with E-state index in [9.17, 15) is 0 Å². The highest BCUT2D eigenvalue weighted by molar-refractivity contribution is 7.99. The molecule has 108 valence electrons. The van der Waals surface area contributed by atoms with Crippen molar-refractivity contribution in [2.75, 3.05) is 5.75 Å². The molecule has 1 nitrogen and oxygen atoms in total. The van der Waals surface area contributed by atoms with Crippen LogP contribution in [-0.4, -0.2) is 18.8 Å². The number of aromatic amines is 1. The van der Waals surface area contributed by atoms with Gasteiger partial charge >= 0.3 is 0 Å². The van der Waals surface area contributed by atoms with Crippen molar-refractivity contribution in [2.45, 2.75) is 55.3 Å². The fourth-order valence-corrected chi connectivity index (χ4v) is 8.73. The van der Waals surface area contributed by atoms with Gasteiger partial charge in [0.15, 0.2) is 0 Å². The summed E-state index contributed by atoms with van der Waals surface area (Å²) in [5.41, 5.74) is 1.27. The summed E-state index contributed by atoms with van der Waals surface area (Å²) in [7, 11) is -0.833. The molecule has 0 aliphatic carbocycles. The molecule has 1 aromatic heterocycles. The number of aromatic nitrogens is 1. The Balaban J connectivity index is 1.50. The molecule has 1 fully saturated rings. The minimum Gasteiger partial charge on any atom is -0.360 e. The summed E-state index contributed by atoms with van der Waals surface area (Å²) in [6, 6.07) is 13.3. The van der Waals surface area contributed by atoms with Gasteiger partial charge in [-0.3, -0.25) is 0 Å². The molecule has 2 aromatic rings. The maximum Gasteiger partial charge on any atom is 0.0505 e. The molecule has 0 bridgehead atoms. The zero-order chi connectivity index (χ0) is 13.8. The number of H-pyrrole nitrogens is 1. The van der Waals surface area contributed by atoms with Crippen molar-refractivity contribution in [2.24, 2.45) is 0 Å². The Morgan fingerprint density at radius 2 is 1.95 bits per heavy atom. The van der Waals surface area contributed by atoms with E-state index in [4.69, 9.17) is 0 Å². The average molecular weight is 304 g/mol. The Labute approximate surface area is 127 Å². The molecule has 1 aliphatic rings. The molecule has 1 saturated heterocycles. The van der Waals surface area contributed by atoms with Crippen LogP contribution in [0.5, 0.6) is 0 Å². The van der Waals surface area contributed by atoms with Crippen molar-refractivity contribution in [3.63, 3.8) is 0 Å². The van der Waals surface area contributed by atoms with Crippen LogP contribution in [0, 0.1) is 0 Å². The molecule has 0 atom stereocenters. The molecule has 1 aliphatic heterocycles. The van der Waals surface area contributed by atoms with Crippen molar-refractivity contribution in [1.82, 2.24) is 4.98 Å². The largest absolute Gasteiger partial charge is 0.360 e. The van der Waals surface area contributed by atoms with Gasteiger partial charge in [-0.2, -0.15) is 0 Å². The number of hydrogen-bond acceptors (Lipinski definition) is 1. The first-order valence-corrected chi connectivity index (χ1v) is 12.1. The Morgan fingerprint density at radius 1 is 1.15 bits per heavy atom. The van der Waals surface area contributed by atoms with Crippen molar-refractivity contribution >= 4 is 30.7 Å². The van der Waals surface area contributed by atoms with E-state index in [-0.39, 0.29) is 0 Å². The molecule has 1 N–H and O–H groups in total. The molecule has 1 aromatic carbocycles. The normalized spacial score (nSPS) is 18.4. The van der Waals surface area contributed by atoms with Crippen LogP contribution >= 0.6 is 11.8 Å². The van der Waals surface area contributed by atoms with E-state index in [1.165, 1.54) is 47.2 Å². The Hall–Kier alpha value is -0.673. The highest BCUT2D eigenvalue weighted by Crippen LogP contribution is 2.34. The number of benzene rings is 1. The fourth-order valence-electron chi connectivity index (χ4n) is 3.50. The first kappa shape index (κ1) is 14.3. The number of para-hydroxylation sites is 1. The minimum absolute atomic E-state index is 0.833. The molecule has 3 rings (SSSR count). The lowest BCUT2D eigenvalue weighted by Gasteiger charge is -2.31. The zero-order valence-electron chi connectivity index (χ0n) is 12.5. The number of hydrogen-bond donors (Lipinski definition) is 1. The molecule has 0 radical (unpaired) electrons. The van der Waals surface area contributed by atoms with Crippen LogP contribution < -0.4 is 0 Å². The summed E-state index contributed by atoms with van der Waals surface area (Å²) in [5, 5.41) is 1.39. The monoisotopic (exact) mass is 303 g/mol. The lowest BCUT2D eigenvalue weighted by atomic mass is 10.2. The van der Waals surface area contributed by atoms with Crippen molar-refractivity contribution in [3.8, 4) is 0 Å². The van der Waals surface area contributed by atoms with E-state index < -0.39 is 8.07 Å². The second-order valence-corrected chi connectivity index (χ2v) is 12.8. The maximum absolute atomic E-state index is 3.37. The Kier molecular flexibility index (Phi) is 4.57. The van der Waals surface area contributed by atoms with Crippen LogP contribution in [0.15, 0.2) is 35.4 Å². The number of thioether (sulfide) groups is 1. The summed E-state index contributed by atoms with van der Waals surface area (Å²) in [5.74, 6) is 1.28. The van der Waals surface area contributed by atoms with E-state index in [2.05, 4.69) is 42.0 Å². The lowest BCUT2D eigenvalue weighted by molar-refractivity contribution is 0.704. The Morgan fingerprint density at radius 3 is 2.80 bits per heavy atom. The maximum atomic E-state index is 3.37. The van der Waals surface area contributed by atoms with E-state index in [0.717, 1.165) is 0 Å². The van der Waals surface area contributed by atoms with Crippen molar-refractivity contribution in [1.29, 1.82) is 0 Å². The molecule has 0 amide bonds. The minimum atomic E-state index is -0.833. The van der Waals surface area contributed by atoms with Gasteiger partial charge in [0.25, 0.3) is 0 Å². The van der Waals surface area contributed by atoms with Gasteiger partial charge in [-0.1, -0.05) is 62.1 Å². The molecule has 20 heavy (non-hydrogen) atoms. The van der Waals surface area contributed by atoms with Crippen LogP contribution in [0.3, 0.4) is 0 Å². The zero-order valence-corrected chi connectivity index (χ0v) is 14.3. The van der Waals surface area contributed by atoms with Gasteiger partial charge in [-0.15, -0.1) is 11.8 Å². The van der Waals surface area contributed by atoms with E-state index >= 15 is 0 Å². The van der Waals surface area contributed by atoms with Gasteiger partial charge in [-0.05, 0) is 18.2 Å². The number of nitrogens with one attached hydrogen (secondary N) is 1. The highest BCUT2D eigenvalue weighted by atomic mass is 32.2. The van der Waals surface area contributed by atoms with Crippen molar-refractivity contribution < 1.29 is 0 Å². The van der Waals surface area contributed by atoms with Gasteiger partial charge in [0.1, 0.15) is 0 Å². The third kappa shape index (κ3) is 3.32.